The predicted octanol–water partition coefficient (Wildman–Crippen LogP) is 2.55. The molecule has 1 aliphatic rings. The highest BCUT2D eigenvalue weighted by Crippen LogP contribution is 2.23. The lowest BCUT2D eigenvalue weighted by Crippen LogP contribution is -2.36. The number of pyridine rings is 1. The topological polar surface area (TPSA) is 98.7 Å². The highest BCUT2D eigenvalue weighted by molar-refractivity contribution is 5.86. The summed E-state index contributed by atoms with van der Waals surface area (Å²) in [7, 11) is 0. The average molecular weight is 388 g/mol. The number of nitrogens with one attached hydrogen (secondary N) is 1. The molecule has 0 radical (unpaired) electrons. The SMILES string of the molecule is O=C(Cc1noc2ccccc12)NC1CCc2nnc(-c3ccncc3)n2CC1. The Kier molecular flexibility index (Phi) is 4.51. The molecule has 3 aromatic heterocycles. The van der Waals surface area contributed by atoms with Crippen molar-refractivity contribution in [3.8, 4) is 11.4 Å². The molecule has 0 saturated heterocycles. The first-order valence-electron chi connectivity index (χ1n) is 9.73. The minimum absolute atomic E-state index is 0.0407. The Hall–Kier alpha value is -3.55. The number of nitrogens with zero attached hydrogens (tertiary/aromatic N) is 5. The van der Waals surface area contributed by atoms with E-state index in [-0.39, 0.29) is 18.4 Å². The van der Waals surface area contributed by atoms with Crippen LogP contribution in [0.5, 0.6) is 0 Å². The molecule has 1 aromatic carbocycles. The number of rotatable bonds is 4. The quantitative estimate of drug-likeness (QED) is 0.577. The van der Waals surface area contributed by atoms with Crippen LogP contribution in [0.2, 0.25) is 0 Å². The first-order chi connectivity index (χ1) is 14.3. The van der Waals surface area contributed by atoms with E-state index in [0.29, 0.717) is 11.3 Å². The summed E-state index contributed by atoms with van der Waals surface area (Å²) in [5.74, 6) is 1.76. The molecule has 0 saturated carbocycles. The molecule has 1 N–H and O–H groups in total. The summed E-state index contributed by atoms with van der Waals surface area (Å²) < 4.78 is 7.44. The first-order valence-corrected chi connectivity index (χ1v) is 9.73. The van der Waals surface area contributed by atoms with Gasteiger partial charge in [0, 0.05) is 42.4 Å². The van der Waals surface area contributed by atoms with E-state index in [2.05, 4.69) is 30.2 Å². The largest absolute Gasteiger partial charge is 0.356 e. The van der Waals surface area contributed by atoms with Crippen molar-refractivity contribution in [2.75, 3.05) is 0 Å². The molecular formula is C21H20N6O2. The Morgan fingerprint density at radius 1 is 1.14 bits per heavy atom. The molecule has 0 spiro atoms. The van der Waals surface area contributed by atoms with E-state index in [9.17, 15) is 4.79 Å². The van der Waals surface area contributed by atoms with Crippen LogP contribution < -0.4 is 5.32 Å². The standard InChI is InChI=1S/C21H20N6O2/c28-20(13-17-16-3-1-2-4-18(16)29-26-17)23-15-5-6-19-24-25-21(27(19)12-9-15)14-7-10-22-11-8-14/h1-4,7-8,10-11,15H,5-6,9,12-13H2,(H,23,28). The van der Waals surface area contributed by atoms with Crippen LogP contribution in [0.3, 0.4) is 0 Å². The maximum Gasteiger partial charge on any atom is 0.226 e. The Morgan fingerprint density at radius 2 is 2.00 bits per heavy atom. The van der Waals surface area contributed by atoms with Crippen LogP contribution in [0, 0.1) is 0 Å². The van der Waals surface area contributed by atoms with Crippen LogP contribution in [0.4, 0.5) is 0 Å². The summed E-state index contributed by atoms with van der Waals surface area (Å²) in [6.45, 7) is 0.762. The molecule has 1 amide bonds. The lowest BCUT2D eigenvalue weighted by Gasteiger charge is -2.16. The molecule has 146 valence electrons. The maximum atomic E-state index is 12.6. The van der Waals surface area contributed by atoms with Gasteiger partial charge in [0.05, 0.1) is 6.42 Å². The lowest BCUT2D eigenvalue weighted by molar-refractivity contribution is -0.121. The first kappa shape index (κ1) is 17.5. The molecule has 8 heteroatoms. The van der Waals surface area contributed by atoms with E-state index < -0.39 is 0 Å². The van der Waals surface area contributed by atoms with Gasteiger partial charge in [-0.05, 0) is 37.1 Å². The summed E-state index contributed by atoms with van der Waals surface area (Å²) in [6, 6.07) is 11.5. The van der Waals surface area contributed by atoms with Crippen LogP contribution >= 0.6 is 0 Å². The van der Waals surface area contributed by atoms with E-state index in [1.54, 1.807) is 12.4 Å². The molecule has 0 aliphatic carbocycles. The molecule has 0 fully saturated rings. The van der Waals surface area contributed by atoms with Crippen LogP contribution in [0.25, 0.3) is 22.4 Å². The van der Waals surface area contributed by atoms with Gasteiger partial charge in [-0.25, -0.2) is 0 Å². The van der Waals surface area contributed by atoms with Crippen molar-refractivity contribution >= 4 is 16.9 Å². The van der Waals surface area contributed by atoms with Gasteiger partial charge in [0.2, 0.25) is 5.91 Å². The van der Waals surface area contributed by atoms with Crippen LogP contribution in [-0.4, -0.2) is 36.9 Å². The van der Waals surface area contributed by atoms with Crippen molar-refractivity contribution in [1.29, 1.82) is 0 Å². The zero-order chi connectivity index (χ0) is 19.6. The predicted molar refractivity (Wildman–Crippen MR) is 106 cm³/mol. The smallest absolute Gasteiger partial charge is 0.226 e. The normalized spacial score (nSPS) is 16.3. The van der Waals surface area contributed by atoms with Gasteiger partial charge in [-0.1, -0.05) is 17.3 Å². The molecule has 1 aliphatic heterocycles. The molecule has 4 heterocycles. The zero-order valence-corrected chi connectivity index (χ0v) is 15.8. The molecular weight excluding hydrogens is 368 g/mol. The fourth-order valence-electron chi connectivity index (χ4n) is 3.84. The Balaban J connectivity index is 1.25. The number of amides is 1. The van der Waals surface area contributed by atoms with Crippen LogP contribution in [-0.2, 0) is 24.2 Å². The van der Waals surface area contributed by atoms with Crippen molar-refractivity contribution in [3.63, 3.8) is 0 Å². The van der Waals surface area contributed by atoms with E-state index in [1.807, 2.05) is 36.4 Å². The minimum atomic E-state index is -0.0407. The second-order valence-corrected chi connectivity index (χ2v) is 7.22. The van der Waals surface area contributed by atoms with Gasteiger partial charge in [-0.2, -0.15) is 0 Å². The Morgan fingerprint density at radius 3 is 2.90 bits per heavy atom. The Bertz CT molecular complexity index is 1150. The molecule has 0 bridgehead atoms. The number of hydrogen-bond acceptors (Lipinski definition) is 6. The van der Waals surface area contributed by atoms with Crippen molar-refractivity contribution in [2.24, 2.45) is 0 Å². The van der Waals surface area contributed by atoms with Gasteiger partial charge in [0.1, 0.15) is 11.5 Å². The van der Waals surface area contributed by atoms with E-state index in [0.717, 1.165) is 48.4 Å². The fraction of sp³-hybridized carbons (Fsp3) is 0.286. The van der Waals surface area contributed by atoms with Crippen LogP contribution in [0.1, 0.15) is 24.4 Å². The summed E-state index contributed by atoms with van der Waals surface area (Å²) in [6.07, 6.45) is 6.15. The highest BCUT2D eigenvalue weighted by atomic mass is 16.5. The number of hydrogen-bond donors (Lipinski definition) is 1. The molecule has 5 rings (SSSR count). The summed E-state index contributed by atoms with van der Waals surface area (Å²) in [4.78, 5) is 16.7. The highest BCUT2D eigenvalue weighted by Gasteiger charge is 2.22. The van der Waals surface area contributed by atoms with Gasteiger partial charge < -0.3 is 14.4 Å². The van der Waals surface area contributed by atoms with Crippen LogP contribution in [0.15, 0.2) is 53.3 Å². The second kappa shape index (κ2) is 7.46. The zero-order valence-electron chi connectivity index (χ0n) is 15.8. The molecule has 1 atom stereocenters. The second-order valence-electron chi connectivity index (χ2n) is 7.22. The van der Waals surface area contributed by atoms with Gasteiger partial charge >= 0.3 is 0 Å². The van der Waals surface area contributed by atoms with Gasteiger partial charge in [-0.3, -0.25) is 9.78 Å². The summed E-state index contributed by atoms with van der Waals surface area (Å²) >= 11 is 0. The number of fused-ring (bicyclic) bond motifs is 2. The minimum Gasteiger partial charge on any atom is -0.356 e. The number of carbonyl (C=O) groups excluding carboxylic acids is 1. The number of aromatic nitrogens is 5. The monoisotopic (exact) mass is 388 g/mol. The van der Waals surface area contributed by atoms with Gasteiger partial charge in [-0.15, -0.1) is 10.2 Å². The van der Waals surface area contributed by atoms with Crippen molar-refractivity contribution in [2.45, 2.75) is 38.3 Å². The van der Waals surface area contributed by atoms with Gasteiger partial charge in [0.25, 0.3) is 0 Å². The number of benzene rings is 1. The van der Waals surface area contributed by atoms with Crippen molar-refractivity contribution in [3.05, 3.63) is 60.3 Å². The Labute approximate surface area is 166 Å². The number of para-hydroxylation sites is 1. The van der Waals surface area contributed by atoms with Crippen molar-refractivity contribution < 1.29 is 9.32 Å². The number of aryl methyl sites for hydroxylation is 1. The average Bonchev–Trinajstić information content (AvgIpc) is 3.29. The van der Waals surface area contributed by atoms with E-state index in [4.69, 9.17) is 4.52 Å². The maximum absolute atomic E-state index is 12.6. The lowest BCUT2D eigenvalue weighted by atomic mass is 10.1. The molecule has 29 heavy (non-hydrogen) atoms. The van der Waals surface area contributed by atoms with Crippen molar-refractivity contribution in [1.82, 2.24) is 30.2 Å². The number of carbonyl (C=O) groups is 1. The fourth-order valence-corrected chi connectivity index (χ4v) is 3.84. The van der Waals surface area contributed by atoms with Gasteiger partial charge in [0.15, 0.2) is 11.4 Å². The van der Waals surface area contributed by atoms with E-state index >= 15 is 0 Å². The summed E-state index contributed by atoms with van der Waals surface area (Å²) in [5, 5.41) is 16.8. The molecule has 8 nitrogen and oxygen atoms in total. The van der Waals surface area contributed by atoms with E-state index in [1.165, 1.54) is 0 Å². The third-order valence-electron chi connectivity index (χ3n) is 5.33. The third kappa shape index (κ3) is 3.49. The third-order valence-corrected chi connectivity index (χ3v) is 5.33. The molecule has 1 unspecified atom stereocenters. The summed E-state index contributed by atoms with van der Waals surface area (Å²) in [5.41, 5.74) is 2.37. The molecule has 4 aromatic rings.